The average Bonchev–Trinajstić information content (AvgIpc) is 2.96. The maximum atomic E-state index is 12.9. The molecule has 2 rings (SSSR count). The summed E-state index contributed by atoms with van der Waals surface area (Å²) in [6.45, 7) is 8.30. The lowest BCUT2D eigenvalue weighted by Gasteiger charge is -2.30. The van der Waals surface area contributed by atoms with Crippen molar-refractivity contribution >= 4 is 21.4 Å². The van der Waals surface area contributed by atoms with Gasteiger partial charge in [-0.2, -0.15) is 4.31 Å². The van der Waals surface area contributed by atoms with E-state index in [1.54, 1.807) is 10.4 Å². The van der Waals surface area contributed by atoms with Crippen LogP contribution in [-0.4, -0.2) is 31.4 Å². The van der Waals surface area contributed by atoms with Crippen LogP contribution in [0.1, 0.15) is 44.9 Å². The molecular formula is C14H24N2O2S2. The summed E-state index contributed by atoms with van der Waals surface area (Å²) in [6, 6.07) is 1.75. The molecule has 0 bridgehead atoms. The second-order valence-electron chi connectivity index (χ2n) is 5.88. The van der Waals surface area contributed by atoms with Gasteiger partial charge in [-0.1, -0.05) is 6.92 Å². The first-order valence-electron chi connectivity index (χ1n) is 7.19. The molecule has 4 nitrogen and oxygen atoms in total. The van der Waals surface area contributed by atoms with Crippen LogP contribution in [0.3, 0.4) is 0 Å². The van der Waals surface area contributed by atoms with Crippen molar-refractivity contribution < 1.29 is 8.42 Å². The normalized spacial score (nSPS) is 19.6. The fraction of sp³-hybridized carbons (Fsp3) is 0.714. The van der Waals surface area contributed by atoms with Crippen LogP contribution in [0.4, 0.5) is 0 Å². The van der Waals surface area contributed by atoms with Gasteiger partial charge < -0.3 is 5.32 Å². The highest BCUT2D eigenvalue weighted by Gasteiger charge is 2.41. The Hall–Kier alpha value is -0.430. The molecule has 0 unspecified atom stereocenters. The molecule has 20 heavy (non-hydrogen) atoms. The minimum Gasteiger partial charge on any atom is -0.312 e. The largest absolute Gasteiger partial charge is 0.312 e. The van der Waals surface area contributed by atoms with E-state index in [1.165, 1.54) is 11.3 Å². The Labute approximate surface area is 126 Å². The highest BCUT2D eigenvalue weighted by atomic mass is 32.2. The first-order valence-corrected chi connectivity index (χ1v) is 9.51. The Balaban J connectivity index is 2.24. The predicted octanol–water partition coefficient (Wildman–Crippen LogP) is 2.81. The molecule has 0 saturated carbocycles. The molecule has 1 saturated heterocycles. The van der Waals surface area contributed by atoms with Crippen LogP contribution >= 0.6 is 11.3 Å². The molecule has 0 atom stereocenters. The molecule has 1 aromatic rings. The lowest BCUT2D eigenvalue weighted by atomic mass is 10.0. The lowest BCUT2D eigenvalue weighted by Crippen LogP contribution is -2.42. The third-order valence-electron chi connectivity index (χ3n) is 3.81. The molecule has 1 aromatic heterocycles. The first kappa shape index (κ1) is 15.9. The number of hydrogen-bond acceptors (Lipinski definition) is 4. The number of hydrogen-bond donors (Lipinski definition) is 1. The smallest absolute Gasteiger partial charge is 0.244 e. The Morgan fingerprint density at radius 2 is 2.20 bits per heavy atom. The van der Waals surface area contributed by atoms with Gasteiger partial charge in [-0.25, -0.2) is 8.42 Å². The third-order valence-corrected chi connectivity index (χ3v) is 7.06. The van der Waals surface area contributed by atoms with Gasteiger partial charge >= 0.3 is 0 Å². The van der Waals surface area contributed by atoms with E-state index in [2.05, 4.69) is 12.2 Å². The summed E-state index contributed by atoms with van der Waals surface area (Å²) in [4.78, 5) is 1.40. The molecule has 6 heteroatoms. The Kier molecular flexibility index (Phi) is 4.89. The van der Waals surface area contributed by atoms with E-state index in [1.807, 2.05) is 19.2 Å². The van der Waals surface area contributed by atoms with Crippen molar-refractivity contribution in [2.75, 3.05) is 13.1 Å². The second-order valence-corrected chi connectivity index (χ2v) is 8.71. The van der Waals surface area contributed by atoms with E-state index in [0.717, 1.165) is 30.7 Å². The van der Waals surface area contributed by atoms with Crippen LogP contribution in [0.5, 0.6) is 0 Å². The summed E-state index contributed by atoms with van der Waals surface area (Å²) < 4.78 is 27.4. The molecule has 0 amide bonds. The fourth-order valence-electron chi connectivity index (χ4n) is 2.71. The molecule has 1 N–H and O–H groups in total. The van der Waals surface area contributed by atoms with Crippen LogP contribution < -0.4 is 5.32 Å². The zero-order valence-corrected chi connectivity index (χ0v) is 14.1. The van der Waals surface area contributed by atoms with Crippen LogP contribution in [0.25, 0.3) is 0 Å². The van der Waals surface area contributed by atoms with Crippen molar-refractivity contribution in [3.63, 3.8) is 0 Å². The lowest BCUT2D eigenvalue weighted by molar-refractivity contribution is 0.291. The topological polar surface area (TPSA) is 49.4 Å². The fourth-order valence-corrected chi connectivity index (χ4v) is 5.95. The van der Waals surface area contributed by atoms with E-state index in [0.29, 0.717) is 18.0 Å². The summed E-state index contributed by atoms with van der Waals surface area (Å²) in [7, 11) is -3.37. The summed E-state index contributed by atoms with van der Waals surface area (Å²) >= 11 is 1.52. The molecule has 114 valence electrons. The second kappa shape index (κ2) is 6.13. The molecule has 1 aliphatic heterocycles. The summed E-state index contributed by atoms with van der Waals surface area (Å²) in [5.41, 5.74) is -0.269. The van der Waals surface area contributed by atoms with Crippen LogP contribution in [-0.2, 0) is 16.6 Å². The molecule has 1 fully saturated rings. The van der Waals surface area contributed by atoms with Gasteiger partial charge in [-0.05, 0) is 51.1 Å². The summed E-state index contributed by atoms with van der Waals surface area (Å²) in [5.74, 6) is 0. The standard InChI is InChI=1S/C14H24N2O2S2/c1-4-8-15-11-12-13(6-10-19-12)20(17,18)16-9-5-7-14(16,2)3/h6,10,15H,4-5,7-9,11H2,1-3H3. The quantitative estimate of drug-likeness (QED) is 0.821. The van der Waals surface area contributed by atoms with Crippen molar-refractivity contribution in [1.29, 1.82) is 0 Å². The SMILES string of the molecule is CCCNCc1sccc1S(=O)(=O)N1CCCC1(C)C. The van der Waals surface area contributed by atoms with Gasteiger partial charge in [0.1, 0.15) is 0 Å². The zero-order chi connectivity index (χ0) is 14.8. The van der Waals surface area contributed by atoms with E-state index >= 15 is 0 Å². The van der Waals surface area contributed by atoms with Crippen LogP contribution in [0, 0.1) is 0 Å². The van der Waals surface area contributed by atoms with Crippen LogP contribution in [0.2, 0.25) is 0 Å². The molecule has 0 spiro atoms. The van der Waals surface area contributed by atoms with E-state index in [-0.39, 0.29) is 5.54 Å². The van der Waals surface area contributed by atoms with Gasteiger partial charge in [0.2, 0.25) is 10.0 Å². The van der Waals surface area contributed by atoms with Gasteiger partial charge in [0.15, 0.2) is 0 Å². The van der Waals surface area contributed by atoms with E-state index in [4.69, 9.17) is 0 Å². The molecular weight excluding hydrogens is 292 g/mol. The van der Waals surface area contributed by atoms with Gasteiger partial charge in [0.25, 0.3) is 0 Å². The minimum atomic E-state index is -3.37. The average molecular weight is 316 g/mol. The Bertz CT molecular complexity index is 549. The maximum absolute atomic E-state index is 12.9. The maximum Gasteiger partial charge on any atom is 0.244 e. The summed E-state index contributed by atoms with van der Waals surface area (Å²) in [6.07, 6.45) is 2.92. The Morgan fingerprint density at radius 1 is 1.45 bits per heavy atom. The highest BCUT2D eigenvalue weighted by Crippen LogP contribution is 2.36. The van der Waals surface area contributed by atoms with Gasteiger partial charge in [0.05, 0.1) is 4.90 Å². The Morgan fingerprint density at radius 3 is 2.80 bits per heavy atom. The monoisotopic (exact) mass is 316 g/mol. The van der Waals surface area contributed by atoms with Gasteiger partial charge in [-0.3, -0.25) is 0 Å². The van der Waals surface area contributed by atoms with Crippen molar-refractivity contribution in [3.8, 4) is 0 Å². The molecule has 0 aliphatic carbocycles. The number of rotatable bonds is 6. The molecule has 1 aliphatic rings. The number of sulfonamides is 1. The van der Waals surface area contributed by atoms with Crippen molar-refractivity contribution in [2.45, 2.75) is 57.0 Å². The minimum absolute atomic E-state index is 0.269. The van der Waals surface area contributed by atoms with Gasteiger partial charge in [0, 0.05) is 23.5 Å². The highest BCUT2D eigenvalue weighted by molar-refractivity contribution is 7.89. The van der Waals surface area contributed by atoms with Crippen LogP contribution in [0.15, 0.2) is 16.3 Å². The van der Waals surface area contributed by atoms with E-state index < -0.39 is 10.0 Å². The number of nitrogens with zero attached hydrogens (tertiary/aromatic N) is 1. The van der Waals surface area contributed by atoms with Crippen molar-refractivity contribution in [2.24, 2.45) is 0 Å². The van der Waals surface area contributed by atoms with Crippen molar-refractivity contribution in [1.82, 2.24) is 9.62 Å². The first-order chi connectivity index (χ1) is 9.39. The predicted molar refractivity (Wildman–Crippen MR) is 83.5 cm³/mol. The molecule has 2 heterocycles. The zero-order valence-electron chi connectivity index (χ0n) is 12.5. The summed E-state index contributed by atoms with van der Waals surface area (Å²) in [5, 5.41) is 5.16. The number of thiophene rings is 1. The van der Waals surface area contributed by atoms with Crippen molar-refractivity contribution in [3.05, 3.63) is 16.3 Å². The van der Waals surface area contributed by atoms with E-state index in [9.17, 15) is 8.42 Å². The molecule has 0 aromatic carbocycles. The molecule has 0 radical (unpaired) electrons. The number of nitrogens with one attached hydrogen (secondary N) is 1. The third kappa shape index (κ3) is 3.08. The van der Waals surface area contributed by atoms with Gasteiger partial charge in [-0.15, -0.1) is 11.3 Å².